The summed E-state index contributed by atoms with van der Waals surface area (Å²) >= 11 is 1.60. The number of guanidine groups is 1. The molecule has 0 saturated carbocycles. The second kappa shape index (κ2) is 8.79. The van der Waals surface area contributed by atoms with Crippen LogP contribution in [0, 0.1) is 0 Å². The van der Waals surface area contributed by atoms with Crippen LogP contribution in [0.25, 0.3) is 10.8 Å². The zero-order chi connectivity index (χ0) is 19.2. The van der Waals surface area contributed by atoms with E-state index in [0.717, 1.165) is 47.5 Å². The lowest BCUT2D eigenvalue weighted by Crippen LogP contribution is -2.38. The highest BCUT2D eigenvalue weighted by Crippen LogP contribution is 2.32. The first kappa shape index (κ1) is 18.4. The van der Waals surface area contributed by atoms with Crippen molar-refractivity contribution in [1.82, 2.24) is 15.6 Å². The number of thiophene rings is 1. The van der Waals surface area contributed by atoms with E-state index < -0.39 is 0 Å². The molecular weight excluding hydrogens is 376 g/mol. The molecule has 0 spiro atoms. The van der Waals surface area contributed by atoms with E-state index in [1.807, 2.05) is 36.6 Å². The zero-order valence-corrected chi connectivity index (χ0v) is 16.4. The summed E-state index contributed by atoms with van der Waals surface area (Å²) in [5, 5.41) is 8.61. The van der Waals surface area contributed by atoms with Gasteiger partial charge in [0.25, 0.3) is 0 Å². The number of nitrogens with zero attached hydrogens (tertiary/aromatic N) is 2. The molecule has 7 nitrogen and oxygen atoms in total. The highest BCUT2D eigenvalue weighted by molar-refractivity contribution is 7.13. The summed E-state index contributed by atoms with van der Waals surface area (Å²) < 4.78 is 16.3. The molecule has 28 heavy (non-hydrogen) atoms. The Balaban J connectivity index is 1.32. The van der Waals surface area contributed by atoms with Crippen LogP contribution in [0.5, 0.6) is 11.5 Å². The van der Waals surface area contributed by atoms with Crippen LogP contribution in [0.15, 0.2) is 51.4 Å². The number of hydrogen-bond acceptors (Lipinski definition) is 6. The third kappa shape index (κ3) is 4.45. The molecule has 0 amide bonds. The van der Waals surface area contributed by atoms with Gasteiger partial charge in [-0.25, -0.2) is 9.98 Å². The Morgan fingerprint density at radius 2 is 2.14 bits per heavy atom. The van der Waals surface area contributed by atoms with Gasteiger partial charge in [-0.3, -0.25) is 0 Å². The van der Waals surface area contributed by atoms with Gasteiger partial charge in [-0.15, -0.1) is 11.3 Å². The number of rotatable bonds is 7. The van der Waals surface area contributed by atoms with Crippen LogP contribution in [0.1, 0.15) is 18.2 Å². The summed E-state index contributed by atoms with van der Waals surface area (Å²) in [7, 11) is 0. The van der Waals surface area contributed by atoms with Crippen molar-refractivity contribution in [2.45, 2.75) is 19.9 Å². The lowest BCUT2D eigenvalue weighted by atomic mass is 10.1. The van der Waals surface area contributed by atoms with Gasteiger partial charge in [-0.1, -0.05) is 12.1 Å². The summed E-state index contributed by atoms with van der Waals surface area (Å²) in [4.78, 5) is 10.1. The van der Waals surface area contributed by atoms with E-state index in [1.165, 1.54) is 5.56 Å². The molecule has 3 aromatic rings. The summed E-state index contributed by atoms with van der Waals surface area (Å²) in [6.07, 6.45) is 2.52. The fourth-order valence-electron chi connectivity index (χ4n) is 2.82. The smallest absolute Gasteiger partial charge is 0.236 e. The maximum absolute atomic E-state index is 5.54. The van der Waals surface area contributed by atoms with Crippen LogP contribution >= 0.6 is 11.3 Å². The molecule has 1 aliphatic rings. The molecule has 0 unspecified atom stereocenters. The van der Waals surface area contributed by atoms with Crippen LogP contribution < -0.4 is 20.1 Å². The van der Waals surface area contributed by atoms with Crippen molar-refractivity contribution >= 4 is 17.3 Å². The molecule has 1 aromatic carbocycles. The van der Waals surface area contributed by atoms with Crippen molar-refractivity contribution in [2.24, 2.45) is 4.99 Å². The highest BCUT2D eigenvalue weighted by atomic mass is 32.1. The number of hydrogen-bond donors (Lipinski definition) is 2. The van der Waals surface area contributed by atoms with E-state index >= 15 is 0 Å². The Morgan fingerprint density at radius 1 is 1.21 bits per heavy atom. The molecule has 1 aliphatic heterocycles. The van der Waals surface area contributed by atoms with Gasteiger partial charge in [0.15, 0.2) is 17.5 Å². The third-order valence-corrected chi connectivity index (χ3v) is 5.03. The zero-order valence-electron chi connectivity index (χ0n) is 15.6. The molecule has 0 atom stereocenters. The first-order valence-corrected chi connectivity index (χ1v) is 10.1. The molecule has 0 fully saturated rings. The average Bonchev–Trinajstić information content (AvgIpc) is 3.46. The lowest BCUT2D eigenvalue weighted by molar-refractivity contribution is 0.174. The molecule has 0 radical (unpaired) electrons. The van der Waals surface area contributed by atoms with Gasteiger partial charge in [0, 0.05) is 13.1 Å². The molecular formula is C20H22N4O3S. The molecule has 8 heteroatoms. The first-order valence-electron chi connectivity index (χ1n) is 9.21. The second-order valence-electron chi connectivity index (χ2n) is 6.18. The van der Waals surface area contributed by atoms with Gasteiger partial charge in [0.05, 0.1) is 11.4 Å². The van der Waals surface area contributed by atoms with Crippen molar-refractivity contribution < 1.29 is 13.9 Å². The Kier molecular flexibility index (Phi) is 5.77. The van der Waals surface area contributed by atoms with Crippen LogP contribution in [0.2, 0.25) is 0 Å². The van der Waals surface area contributed by atoms with E-state index in [1.54, 1.807) is 17.6 Å². The number of fused-ring (bicyclic) bond motifs is 1. The number of aliphatic imine (C=N–C) groups is 1. The van der Waals surface area contributed by atoms with Gasteiger partial charge in [0.2, 0.25) is 12.7 Å². The quantitative estimate of drug-likeness (QED) is 0.469. The van der Waals surface area contributed by atoms with Crippen molar-refractivity contribution in [3.8, 4) is 22.3 Å². The normalized spacial score (nSPS) is 13.0. The Morgan fingerprint density at radius 3 is 3.00 bits per heavy atom. The van der Waals surface area contributed by atoms with Crippen molar-refractivity contribution in [2.75, 3.05) is 19.9 Å². The van der Waals surface area contributed by atoms with E-state index in [-0.39, 0.29) is 0 Å². The lowest BCUT2D eigenvalue weighted by Gasteiger charge is -2.11. The maximum Gasteiger partial charge on any atom is 0.236 e. The third-order valence-electron chi connectivity index (χ3n) is 4.17. The minimum Gasteiger partial charge on any atom is -0.454 e. The first-order chi connectivity index (χ1) is 13.8. The van der Waals surface area contributed by atoms with Gasteiger partial charge >= 0.3 is 0 Å². The molecule has 0 aliphatic carbocycles. The predicted octanol–water partition coefficient (Wildman–Crippen LogP) is 3.43. The molecule has 2 aromatic heterocycles. The molecule has 4 rings (SSSR count). The molecule has 3 heterocycles. The topological polar surface area (TPSA) is 80.9 Å². The van der Waals surface area contributed by atoms with E-state index in [4.69, 9.17) is 13.9 Å². The second-order valence-corrected chi connectivity index (χ2v) is 7.13. The standard InChI is InChI=1S/C20H22N4O3S/c1-2-21-20(22-8-7-14-5-6-16-17(10-14)27-13-26-16)23-11-15-12-25-19(24-15)18-4-3-9-28-18/h3-6,9-10,12H,2,7-8,11,13H2,1H3,(H2,21,22,23). The maximum atomic E-state index is 5.54. The summed E-state index contributed by atoms with van der Waals surface area (Å²) in [6.45, 7) is 4.33. The predicted molar refractivity (Wildman–Crippen MR) is 109 cm³/mol. The Hall–Kier alpha value is -3.00. The SMILES string of the molecule is CCNC(=NCc1coc(-c2cccs2)n1)NCCc1ccc2c(c1)OCO2. The minimum absolute atomic E-state index is 0.296. The molecule has 0 bridgehead atoms. The van der Waals surface area contributed by atoms with Gasteiger partial charge in [0.1, 0.15) is 12.0 Å². The summed E-state index contributed by atoms with van der Waals surface area (Å²) in [5.74, 6) is 3.01. The van der Waals surface area contributed by atoms with Crippen LogP contribution in [-0.2, 0) is 13.0 Å². The molecule has 0 saturated heterocycles. The van der Waals surface area contributed by atoms with E-state index in [0.29, 0.717) is 19.2 Å². The number of nitrogens with one attached hydrogen (secondary N) is 2. The monoisotopic (exact) mass is 398 g/mol. The van der Waals surface area contributed by atoms with Crippen molar-refractivity contribution in [1.29, 1.82) is 0 Å². The number of aromatic nitrogens is 1. The minimum atomic E-state index is 0.296. The molecule has 146 valence electrons. The van der Waals surface area contributed by atoms with E-state index in [9.17, 15) is 0 Å². The Bertz CT molecular complexity index is 937. The highest BCUT2D eigenvalue weighted by Gasteiger charge is 2.13. The van der Waals surface area contributed by atoms with Crippen molar-refractivity contribution in [3.63, 3.8) is 0 Å². The van der Waals surface area contributed by atoms with Crippen LogP contribution in [-0.4, -0.2) is 30.8 Å². The van der Waals surface area contributed by atoms with Gasteiger partial charge < -0.3 is 24.5 Å². The molecule has 2 N–H and O–H groups in total. The largest absolute Gasteiger partial charge is 0.454 e. The van der Waals surface area contributed by atoms with Crippen molar-refractivity contribution in [3.05, 3.63) is 53.2 Å². The fraction of sp³-hybridized carbons (Fsp3) is 0.300. The van der Waals surface area contributed by atoms with Crippen LogP contribution in [0.3, 0.4) is 0 Å². The van der Waals surface area contributed by atoms with Crippen LogP contribution in [0.4, 0.5) is 0 Å². The van der Waals surface area contributed by atoms with Gasteiger partial charge in [-0.2, -0.15) is 0 Å². The van der Waals surface area contributed by atoms with E-state index in [2.05, 4.69) is 26.7 Å². The summed E-state index contributed by atoms with van der Waals surface area (Å²) in [6, 6.07) is 10.0. The van der Waals surface area contributed by atoms with Gasteiger partial charge in [-0.05, 0) is 42.5 Å². The average molecular weight is 398 g/mol. The number of ether oxygens (including phenoxy) is 2. The Labute approximate surface area is 167 Å². The summed E-state index contributed by atoms with van der Waals surface area (Å²) in [5.41, 5.74) is 1.99. The fourth-order valence-corrected chi connectivity index (χ4v) is 3.47. The number of oxazole rings is 1. The number of benzene rings is 1.